The van der Waals surface area contributed by atoms with E-state index in [2.05, 4.69) is 6.58 Å². The summed E-state index contributed by atoms with van der Waals surface area (Å²) in [7, 11) is 0. The maximum Gasteiger partial charge on any atom is 0.189 e. The lowest BCUT2D eigenvalue weighted by atomic mass is 10.1. The van der Waals surface area contributed by atoms with E-state index in [1.807, 2.05) is 0 Å². The minimum absolute atomic E-state index is 0.0940. The molecule has 1 atom stereocenters. The highest BCUT2D eigenvalue weighted by molar-refractivity contribution is 5.96. The van der Waals surface area contributed by atoms with Gasteiger partial charge in [0, 0.05) is 6.54 Å². The van der Waals surface area contributed by atoms with Crippen LogP contribution in [0.1, 0.15) is 0 Å². The lowest BCUT2D eigenvalue weighted by molar-refractivity contribution is -0.122. The van der Waals surface area contributed by atoms with Crippen molar-refractivity contribution in [3.8, 4) is 0 Å². The van der Waals surface area contributed by atoms with Crippen LogP contribution in [0.3, 0.4) is 0 Å². The first kappa shape index (κ1) is 9.73. The molecular weight excluding hydrogens is 170 g/mol. The Morgan fingerprint density at radius 1 is 1.77 bits per heavy atom. The quantitative estimate of drug-likeness (QED) is 0.338. The van der Waals surface area contributed by atoms with E-state index in [0.29, 0.717) is 13.2 Å². The lowest BCUT2D eigenvalue weighted by Gasteiger charge is -2.34. The number of ketones is 1. The predicted molar refractivity (Wildman–Crippen MR) is 48.4 cm³/mol. The van der Waals surface area contributed by atoms with Crippen LogP contribution >= 0.6 is 0 Å². The summed E-state index contributed by atoms with van der Waals surface area (Å²) < 4.78 is 5.12. The Bertz CT molecular complexity index is 240. The third kappa shape index (κ3) is 2.06. The second-order valence-corrected chi connectivity index (χ2v) is 2.78. The molecule has 0 saturated carbocycles. The Hall–Kier alpha value is -1.36. The van der Waals surface area contributed by atoms with Crippen molar-refractivity contribution in [2.45, 2.75) is 6.04 Å². The van der Waals surface area contributed by atoms with Gasteiger partial charge in [-0.05, 0) is 6.08 Å². The zero-order chi connectivity index (χ0) is 9.84. The van der Waals surface area contributed by atoms with Crippen LogP contribution in [-0.2, 0) is 9.53 Å². The fraction of sp³-hybridized carbons (Fsp3) is 0.500. The Morgan fingerprint density at radius 3 is 3.00 bits per heavy atom. The van der Waals surface area contributed by atoms with Gasteiger partial charge in [-0.1, -0.05) is 6.58 Å². The number of carbonyl (C=O) groups excluding carboxylic acids is 1. The largest absolute Gasteiger partial charge is 0.377 e. The fourth-order valence-electron chi connectivity index (χ4n) is 1.26. The molecule has 1 aliphatic rings. The van der Waals surface area contributed by atoms with Gasteiger partial charge in [-0.2, -0.15) is 0 Å². The minimum atomic E-state index is -0.469. The number of nitrogens with one attached hydrogen (secondary N) is 1. The molecule has 0 aromatic heterocycles. The van der Waals surface area contributed by atoms with Gasteiger partial charge in [0.25, 0.3) is 0 Å². The summed E-state index contributed by atoms with van der Waals surface area (Å²) in [6.07, 6.45) is 1.23. The van der Waals surface area contributed by atoms with Crippen LogP contribution < -0.4 is 5.73 Å². The van der Waals surface area contributed by atoms with Crippen LogP contribution in [0.15, 0.2) is 12.7 Å². The van der Waals surface area contributed by atoms with Crippen molar-refractivity contribution in [2.24, 2.45) is 5.73 Å². The molecule has 0 aromatic carbocycles. The second kappa shape index (κ2) is 4.04. The lowest BCUT2D eigenvalue weighted by Crippen LogP contribution is -2.54. The molecule has 1 aliphatic heterocycles. The number of guanidine groups is 1. The number of morpholine rings is 1. The number of nitrogens with two attached hydrogens (primary N) is 1. The molecule has 1 rings (SSSR count). The van der Waals surface area contributed by atoms with Gasteiger partial charge >= 0.3 is 0 Å². The van der Waals surface area contributed by atoms with Gasteiger partial charge in [0.2, 0.25) is 0 Å². The van der Waals surface area contributed by atoms with Gasteiger partial charge in [0.1, 0.15) is 6.04 Å². The van der Waals surface area contributed by atoms with Gasteiger partial charge in [-0.25, -0.2) is 0 Å². The average Bonchev–Trinajstić information content (AvgIpc) is 2.16. The number of ether oxygens (including phenoxy) is 1. The number of nitrogens with zero attached hydrogens (tertiary/aromatic N) is 1. The molecule has 0 aliphatic carbocycles. The number of hydrogen-bond donors (Lipinski definition) is 2. The average molecular weight is 183 g/mol. The molecule has 0 radical (unpaired) electrons. The van der Waals surface area contributed by atoms with E-state index in [1.165, 1.54) is 11.0 Å². The molecule has 5 heteroatoms. The topological polar surface area (TPSA) is 79.4 Å². The van der Waals surface area contributed by atoms with Gasteiger partial charge in [-0.3, -0.25) is 10.2 Å². The van der Waals surface area contributed by atoms with Crippen LogP contribution in [0, 0.1) is 5.41 Å². The van der Waals surface area contributed by atoms with Gasteiger partial charge < -0.3 is 15.4 Å². The van der Waals surface area contributed by atoms with Crippen molar-refractivity contribution in [3.05, 3.63) is 12.7 Å². The van der Waals surface area contributed by atoms with E-state index in [0.717, 1.165) is 0 Å². The number of hydrogen-bond acceptors (Lipinski definition) is 3. The second-order valence-electron chi connectivity index (χ2n) is 2.78. The third-order valence-electron chi connectivity index (χ3n) is 1.97. The molecule has 72 valence electrons. The molecule has 1 heterocycles. The smallest absolute Gasteiger partial charge is 0.189 e. The first-order valence-corrected chi connectivity index (χ1v) is 4.01. The summed E-state index contributed by atoms with van der Waals surface area (Å²) in [6.45, 7) is 4.65. The summed E-state index contributed by atoms with van der Waals surface area (Å²) in [4.78, 5) is 12.8. The van der Waals surface area contributed by atoms with E-state index in [4.69, 9.17) is 15.9 Å². The van der Waals surface area contributed by atoms with E-state index in [1.54, 1.807) is 0 Å². The minimum Gasteiger partial charge on any atom is -0.377 e. The maximum atomic E-state index is 11.3. The first-order chi connectivity index (χ1) is 6.16. The zero-order valence-corrected chi connectivity index (χ0v) is 7.32. The Kier molecular flexibility index (Phi) is 3.02. The Morgan fingerprint density at radius 2 is 2.46 bits per heavy atom. The van der Waals surface area contributed by atoms with Gasteiger partial charge in [0.15, 0.2) is 11.7 Å². The molecule has 1 fully saturated rings. The summed E-state index contributed by atoms with van der Waals surface area (Å²) >= 11 is 0. The van der Waals surface area contributed by atoms with Crippen molar-refractivity contribution in [2.75, 3.05) is 19.8 Å². The van der Waals surface area contributed by atoms with E-state index in [-0.39, 0.29) is 18.3 Å². The normalized spacial score (nSPS) is 22.5. The fourth-order valence-corrected chi connectivity index (χ4v) is 1.26. The van der Waals surface area contributed by atoms with E-state index in [9.17, 15) is 4.79 Å². The number of rotatable bonds is 2. The SMILES string of the molecule is C=CC(=O)C1COCCN1C(=N)N. The molecule has 3 N–H and O–H groups in total. The van der Waals surface area contributed by atoms with Crippen molar-refractivity contribution in [3.63, 3.8) is 0 Å². The van der Waals surface area contributed by atoms with Crippen LogP contribution in [0.4, 0.5) is 0 Å². The Balaban J connectivity index is 2.72. The molecule has 0 bridgehead atoms. The maximum absolute atomic E-state index is 11.3. The Labute approximate surface area is 76.7 Å². The highest BCUT2D eigenvalue weighted by atomic mass is 16.5. The van der Waals surface area contributed by atoms with Crippen LogP contribution in [0.2, 0.25) is 0 Å². The monoisotopic (exact) mass is 183 g/mol. The van der Waals surface area contributed by atoms with E-state index >= 15 is 0 Å². The summed E-state index contributed by atoms with van der Waals surface area (Å²) in [5.74, 6) is -0.251. The molecule has 1 saturated heterocycles. The standard InChI is InChI=1S/C8H13N3O2/c1-2-7(12)6-5-13-4-3-11(6)8(9)10/h2,6H,1,3-5H2,(H3,9,10). The van der Waals surface area contributed by atoms with Crippen molar-refractivity contribution in [1.82, 2.24) is 4.90 Å². The van der Waals surface area contributed by atoms with Crippen molar-refractivity contribution < 1.29 is 9.53 Å². The molecule has 1 unspecified atom stereocenters. The van der Waals surface area contributed by atoms with Gasteiger partial charge in [0.05, 0.1) is 13.2 Å². The molecule has 0 amide bonds. The molecule has 0 spiro atoms. The number of carbonyl (C=O) groups is 1. The van der Waals surface area contributed by atoms with Crippen LogP contribution in [0.25, 0.3) is 0 Å². The van der Waals surface area contributed by atoms with Crippen LogP contribution in [0.5, 0.6) is 0 Å². The highest BCUT2D eigenvalue weighted by Crippen LogP contribution is 2.07. The third-order valence-corrected chi connectivity index (χ3v) is 1.97. The van der Waals surface area contributed by atoms with Gasteiger partial charge in [-0.15, -0.1) is 0 Å². The molecule has 5 nitrogen and oxygen atoms in total. The summed E-state index contributed by atoms with van der Waals surface area (Å²) in [5.41, 5.74) is 5.32. The van der Waals surface area contributed by atoms with Crippen molar-refractivity contribution in [1.29, 1.82) is 5.41 Å². The first-order valence-electron chi connectivity index (χ1n) is 4.01. The van der Waals surface area contributed by atoms with Crippen molar-refractivity contribution >= 4 is 11.7 Å². The molecule has 13 heavy (non-hydrogen) atoms. The predicted octanol–water partition coefficient (Wildman–Crippen LogP) is -0.664. The summed E-state index contributed by atoms with van der Waals surface area (Å²) in [6, 6.07) is -0.469. The highest BCUT2D eigenvalue weighted by Gasteiger charge is 2.28. The van der Waals surface area contributed by atoms with Crippen LogP contribution in [-0.4, -0.2) is 42.4 Å². The van der Waals surface area contributed by atoms with E-state index < -0.39 is 6.04 Å². The molecule has 0 aromatic rings. The molecular formula is C8H13N3O2. The summed E-state index contributed by atoms with van der Waals surface area (Å²) in [5, 5.41) is 7.25. The zero-order valence-electron chi connectivity index (χ0n) is 7.32.